The summed E-state index contributed by atoms with van der Waals surface area (Å²) in [5.41, 5.74) is 4.09. The molecule has 1 atom stereocenters. The number of thiazole rings is 1. The van der Waals surface area contributed by atoms with Gasteiger partial charge in [-0.05, 0) is 79.0 Å². The van der Waals surface area contributed by atoms with E-state index in [2.05, 4.69) is 20.9 Å². The highest BCUT2D eigenvalue weighted by molar-refractivity contribution is 9.10. The molecule has 0 aliphatic carbocycles. The van der Waals surface area contributed by atoms with Gasteiger partial charge >= 0.3 is 5.97 Å². The van der Waals surface area contributed by atoms with Gasteiger partial charge in [0, 0.05) is 10.6 Å². The highest BCUT2D eigenvalue weighted by atomic mass is 79.9. The molecule has 0 amide bonds. The molecule has 0 saturated heterocycles. The van der Waals surface area contributed by atoms with E-state index < -0.39 is 12.0 Å². The molecule has 5 rings (SSSR count). The van der Waals surface area contributed by atoms with Crippen molar-refractivity contribution in [1.29, 1.82) is 0 Å². The third-order valence-corrected chi connectivity index (χ3v) is 8.81. The molecule has 0 saturated carbocycles. The van der Waals surface area contributed by atoms with Crippen molar-refractivity contribution in [1.82, 2.24) is 4.57 Å². The minimum absolute atomic E-state index is 0.218. The molecule has 10 heteroatoms. The van der Waals surface area contributed by atoms with Crippen molar-refractivity contribution in [2.24, 2.45) is 4.99 Å². The number of rotatable bonds is 9. The number of aromatic nitrogens is 1. The second-order valence-electron chi connectivity index (χ2n) is 9.86. The first-order valence-electron chi connectivity index (χ1n) is 13.8. The van der Waals surface area contributed by atoms with Crippen molar-refractivity contribution >= 4 is 50.9 Å². The number of esters is 1. The molecular weight excluding hydrogens is 652 g/mol. The van der Waals surface area contributed by atoms with Gasteiger partial charge in [0.25, 0.3) is 5.56 Å². The van der Waals surface area contributed by atoms with E-state index in [9.17, 15) is 9.59 Å². The van der Waals surface area contributed by atoms with E-state index in [1.165, 1.54) is 11.3 Å². The van der Waals surface area contributed by atoms with Crippen LogP contribution < -0.4 is 24.4 Å². The highest BCUT2D eigenvalue weighted by Gasteiger charge is 2.33. The van der Waals surface area contributed by atoms with Crippen LogP contribution in [0.3, 0.4) is 0 Å². The fraction of sp³-hybridized carbons (Fsp3) is 0.242. The Morgan fingerprint density at radius 1 is 1.07 bits per heavy atom. The van der Waals surface area contributed by atoms with Crippen LogP contribution in [0.1, 0.15) is 49.1 Å². The van der Waals surface area contributed by atoms with E-state index in [1.54, 1.807) is 24.5 Å². The van der Waals surface area contributed by atoms with E-state index in [0.717, 1.165) is 22.3 Å². The van der Waals surface area contributed by atoms with Crippen molar-refractivity contribution in [3.8, 4) is 11.5 Å². The molecule has 1 aliphatic rings. The first-order valence-corrected chi connectivity index (χ1v) is 15.8. The van der Waals surface area contributed by atoms with Crippen LogP contribution in [0.25, 0.3) is 6.08 Å². The summed E-state index contributed by atoms with van der Waals surface area (Å²) >= 11 is 11.2. The molecular formula is C33H30BrClN2O5S. The number of aryl methyl sites for hydroxylation is 1. The monoisotopic (exact) mass is 680 g/mol. The zero-order valence-electron chi connectivity index (χ0n) is 24.1. The van der Waals surface area contributed by atoms with Gasteiger partial charge in [-0.3, -0.25) is 9.36 Å². The predicted octanol–water partition coefficient (Wildman–Crippen LogP) is 6.50. The van der Waals surface area contributed by atoms with Crippen molar-refractivity contribution in [2.45, 2.75) is 40.3 Å². The lowest BCUT2D eigenvalue weighted by Crippen LogP contribution is -2.39. The number of halogens is 2. The highest BCUT2D eigenvalue weighted by Crippen LogP contribution is 2.38. The van der Waals surface area contributed by atoms with Gasteiger partial charge in [0.05, 0.1) is 39.5 Å². The largest absolute Gasteiger partial charge is 0.490 e. The van der Waals surface area contributed by atoms with Crippen molar-refractivity contribution in [3.63, 3.8) is 0 Å². The number of fused-ring (bicyclic) bond motifs is 1. The molecule has 1 aromatic heterocycles. The number of ether oxygens (including phenoxy) is 3. The number of carbonyl (C=O) groups excluding carboxylic acids is 1. The Morgan fingerprint density at radius 3 is 2.51 bits per heavy atom. The topological polar surface area (TPSA) is 79.1 Å². The van der Waals surface area contributed by atoms with Gasteiger partial charge in [-0.2, -0.15) is 0 Å². The third kappa shape index (κ3) is 6.49. The van der Waals surface area contributed by atoms with Crippen LogP contribution in [-0.4, -0.2) is 23.8 Å². The summed E-state index contributed by atoms with van der Waals surface area (Å²) < 4.78 is 20.1. The summed E-state index contributed by atoms with van der Waals surface area (Å²) in [5, 5.41) is 0.619. The maximum Gasteiger partial charge on any atom is 0.338 e. The van der Waals surface area contributed by atoms with Crippen LogP contribution in [0.5, 0.6) is 11.5 Å². The summed E-state index contributed by atoms with van der Waals surface area (Å²) in [4.78, 5) is 32.3. The quantitative estimate of drug-likeness (QED) is 0.189. The van der Waals surface area contributed by atoms with E-state index in [1.807, 2.05) is 74.5 Å². The molecule has 0 N–H and O–H groups in total. The minimum Gasteiger partial charge on any atom is -0.490 e. The molecule has 0 spiro atoms. The standard InChI is InChI=1S/C33H30BrClN2O5S/c1-5-40-26-16-21(15-24(34)30(26)42-18-23-9-7-8-10-25(23)35)17-27-31(38)37-29(22-13-11-19(3)12-14-22)28(32(39)41-6-2)20(4)36-33(37)43-27/h7-17,29H,5-6,18H2,1-4H3/b27-17-/t29-/m0/s1. The normalized spacial score (nSPS) is 14.7. The Morgan fingerprint density at radius 2 is 1.81 bits per heavy atom. The minimum atomic E-state index is -0.663. The van der Waals surface area contributed by atoms with Crippen LogP contribution in [0.4, 0.5) is 0 Å². The van der Waals surface area contributed by atoms with Gasteiger partial charge in [-0.15, -0.1) is 0 Å². The van der Waals surface area contributed by atoms with Gasteiger partial charge in [0.15, 0.2) is 16.3 Å². The van der Waals surface area contributed by atoms with E-state index in [0.29, 0.717) is 48.2 Å². The second kappa shape index (κ2) is 13.3. The number of hydrogen-bond donors (Lipinski definition) is 0. The molecule has 43 heavy (non-hydrogen) atoms. The molecule has 0 bridgehead atoms. The molecule has 0 fully saturated rings. The average molecular weight is 682 g/mol. The number of nitrogens with zero attached hydrogens (tertiary/aromatic N) is 2. The van der Waals surface area contributed by atoms with Crippen molar-refractivity contribution in [3.05, 3.63) is 123 Å². The van der Waals surface area contributed by atoms with Gasteiger partial charge in [-0.1, -0.05) is 71.0 Å². The summed E-state index contributed by atoms with van der Waals surface area (Å²) in [7, 11) is 0. The molecule has 0 unspecified atom stereocenters. The van der Waals surface area contributed by atoms with E-state index in [-0.39, 0.29) is 18.8 Å². The smallest absolute Gasteiger partial charge is 0.338 e. The Balaban J connectivity index is 1.59. The number of hydrogen-bond acceptors (Lipinski definition) is 7. The maximum absolute atomic E-state index is 14.0. The number of carbonyl (C=O) groups is 1. The van der Waals surface area contributed by atoms with Crippen LogP contribution >= 0.6 is 38.9 Å². The Hall–Kier alpha value is -3.66. The molecule has 0 radical (unpaired) electrons. The third-order valence-electron chi connectivity index (χ3n) is 6.87. The first-order chi connectivity index (χ1) is 20.7. The SMILES string of the molecule is CCOC(=O)C1=C(C)N=c2s/c(=C\c3cc(Br)c(OCc4ccccc4Cl)c(OCC)c3)c(=O)n2[C@H]1c1ccc(C)cc1. The zero-order chi connectivity index (χ0) is 30.7. The molecule has 2 heterocycles. The fourth-order valence-electron chi connectivity index (χ4n) is 4.85. The zero-order valence-corrected chi connectivity index (χ0v) is 27.3. The predicted molar refractivity (Wildman–Crippen MR) is 173 cm³/mol. The van der Waals surface area contributed by atoms with Crippen LogP contribution in [0.2, 0.25) is 5.02 Å². The molecule has 7 nitrogen and oxygen atoms in total. The van der Waals surface area contributed by atoms with Crippen molar-refractivity contribution in [2.75, 3.05) is 13.2 Å². The van der Waals surface area contributed by atoms with Crippen LogP contribution in [-0.2, 0) is 16.1 Å². The summed E-state index contributed by atoms with van der Waals surface area (Å²) in [5.74, 6) is 0.580. The lowest BCUT2D eigenvalue weighted by molar-refractivity contribution is -0.139. The lowest BCUT2D eigenvalue weighted by atomic mass is 9.95. The molecule has 1 aliphatic heterocycles. The van der Waals surface area contributed by atoms with Crippen LogP contribution in [0, 0.1) is 6.92 Å². The Bertz CT molecular complexity index is 1900. The van der Waals surface area contributed by atoms with Gasteiger partial charge in [0.1, 0.15) is 6.61 Å². The molecule has 3 aromatic carbocycles. The lowest BCUT2D eigenvalue weighted by Gasteiger charge is -2.24. The Labute approximate surface area is 266 Å². The summed E-state index contributed by atoms with van der Waals surface area (Å²) in [6, 6.07) is 18.3. The molecule has 222 valence electrons. The number of benzene rings is 3. The summed E-state index contributed by atoms with van der Waals surface area (Å²) in [6.45, 7) is 8.32. The van der Waals surface area contributed by atoms with Gasteiger partial charge < -0.3 is 14.2 Å². The average Bonchev–Trinajstić information content (AvgIpc) is 3.27. The second-order valence-corrected chi connectivity index (χ2v) is 12.1. The van der Waals surface area contributed by atoms with E-state index >= 15 is 0 Å². The first kappa shape index (κ1) is 30.8. The van der Waals surface area contributed by atoms with E-state index in [4.69, 9.17) is 25.8 Å². The Kier molecular flexibility index (Phi) is 9.54. The van der Waals surface area contributed by atoms with Gasteiger partial charge in [0.2, 0.25) is 0 Å². The number of allylic oxidation sites excluding steroid dienone is 1. The fourth-order valence-corrected chi connectivity index (χ4v) is 6.66. The van der Waals surface area contributed by atoms with Gasteiger partial charge in [-0.25, -0.2) is 9.79 Å². The maximum atomic E-state index is 14.0. The van der Waals surface area contributed by atoms with Crippen LogP contribution in [0.15, 0.2) is 86.2 Å². The summed E-state index contributed by atoms with van der Waals surface area (Å²) in [6.07, 6.45) is 1.80. The van der Waals surface area contributed by atoms with Crippen molar-refractivity contribution < 1.29 is 19.0 Å². The molecule has 4 aromatic rings.